The molecule has 0 radical (unpaired) electrons. The van der Waals surface area contributed by atoms with Gasteiger partial charge in [-0.2, -0.15) is 17.5 Å². The van der Waals surface area contributed by atoms with E-state index in [1.165, 1.54) is 0 Å². The minimum Gasteiger partial charge on any atom is -0.357 e. The fourth-order valence-electron chi connectivity index (χ4n) is 2.74. The van der Waals surface area contributed by atoms with E-state index < -0.39 is 15.5 Å². The van der Waals surface area contributed by atoms with Crippen molar-refractivity contribution in [2.75, 3.05) is 19.6 Å². The van der Waals surface area contributed by atoms with Crippen LogP contribution in [0.4, 0.5) is 13.2 Å². The molecule has 0 spiro atoms. The monoisotopic (exact) mass is 535 g/mol. The van der Waals surface area contributed by atoms with Gasteiger partial charge in [-0.3, -0.25) is 4.98 Å². The predicted octanol–water partition coefficient (Wildman–Crippen LogP) is 2.38. The minimum absolute atomic E-state index is 0. The topological polar surface area (TPSA) is 86.7 Å². The largest absolute Gasteiger partial charge is 0.511 e. The molecule has 1 aromatic heterocycles. The molecule has 0 unspecified atom stereocenters. The van der Waals surface area contributed by atoms with Gasteiger partial charge in [0, 0.05) is 31.9 Å². The number of piperidine rings is 1. The third kappa shape index (κ3) is 6.44. The average Bonchev–Trinajstić information content (AvgIpc) is 2.60. The second-order valence-electron chi connectivity index (χ2n) is 6.23. The highest BCUT2D eigenvalue weighted by molar-refractivity contribution is 14.0. The lowest BCUT2D eigenvalue weighted by molar-refractivity contribution is -0.0494. The number of aromatic nitrogens is 1. The van der Waals surface area contributed by atoms with Crippen molar-refractivity contribution in [3.05, 3.63) is 29.6 Å². The zero-order valence-electron chi connectivity index (χ0n) is 15.7. The fourth-order valence-corrected chi connectivity index (χ4v) is 3.72. The summed E-state index contributed by atoms with van der Waals surface area (Å²) in [4.78, 5) is 8.74. The molecule has 1 aromatic rings. The zero-order chi connectivity index (χ0) is 20.1. The summed E-state index contributed by atoms with van der Waals surface area (Å²) in [5, 5.41) is 6.25. The minimum atomic E-state index is -5.26. The highest BCUT2D eigenvalue weighted by Crippen LogP contribution is 2.28. The molecule has 28 heavy (non-hydrogen) atoms. The van der Waals surface area contributed by atoms with Crippen molar-refractivity contribution >= 4 is 40.0 Å². The summed E-state index contributed by atoms with van der Waals surface area (Å²) in [5.74, 6) is 0.527. The van der Waals surface area contributed by atoms with Crippen LogP contribution in [0.5, 0.6) is 0 Å². The van der Waals surface area contributed by atoms with Crippen LogP contribution < -0.4 is 10.6 Å². The lowest BCUT2D eigenvalue weighted by Gasteiger charge is -2.32. The molecule has 0 aliphatic carbocycles. The number of sulfonamides is 1. The first-order valence-electron chi connectivity index (χ1n) is 8.67. The van der Waals surface area contributed by atoms with Gasteiger partial charge in [-0.25, -0.2) is 13.4 Å². The van der Waals surface area contributed by atoms with Crippen molar-refractivity contribution in [2.45, 2.75) is 44.8 Å². The van der Waals surface area contributed by atoms with Gasteiger partial charge >= 0.3 is 15.5 Å². The predicted molar refractivity (Wildman–Crippen MR) is 112 cm³/mol. The van der Waals surface area contributed by atoms with E-state index in [0.29, 0.717) is 23.4 Å². The van der Waals surface area contributed by atoms with Crippen LogP contribution >= 0.6 is 24.0 Å². The molecule has 0 bridgehead atoms. The van der Waals surface area contributed by atoms with Gasteiger partial charge in [-0.1, -0.05) is 6.07 Å². The van der Waals surface area contributed by atoms with Crippen LogP contribution in [-0.2, 0) is 16.6 Å². The second-order valence-corrected chi connectivity index (χ2v) is 8.16. The summed E-state index contributed by atoms with van der Waals surface area (Å²) >= 11 is 0. The Morgan fingerprint density at radius 2 is 2.00 bits per heavy atom. The Bertz CT molecular complexity index is 766. The van der Waals surface area contributed by atoms with Gasteiger partial charge in [0.05, 0.1) is 12.2 Å². The van der Waals surface area contributed by atoms with Gasteiger partial charge in [0.2, 0.25) is 0 Å². The second kappa shape index (κ2) is 10.6. The van der Waals surface area contributed by atoms with Crippen molar-refractivity contribution in [1.82, 2.24) is 19.9 Å². The van der Waals surface area contributed by atoms with Crippen LogP contribution in [0.1, 0.15) is 31.0 Å². The molecule has 2 N–H and O–H groups in total. The van der Waals surface area contributed by atoms with E-state index in [4.69, 9.17) is 0 Å². The number of aliphatic imine (C=N–C) groups is 1. The van der Waals surface area contributed by atoms with E-state index in [9.17, 15) is 21.6 Å². The van der Waals surface area contributed by atoms with Crippen molar-refractivity contribution in [2.24, 2.45) is 4.99 Å². The molecule has 12 heteroatoms. The third-order valence-electron chi connectivity index (χ3n) is 4.28. The van der Waals surface area contributed by atoms with E-state index in [-0.39, 0.29) is 55.9 Å². The Balaban J connectivity index is 0.00000392. The van der Waals surface area contributed by atoms with Crippen LogP contribution in [0.2, 0.25) is 0 Å². The van der Waals surface area contributed by atoms with Crippen molar-refractivity contribution in [3.8, 4) is 0 Å². The zero-order valence-corrected chi connectivity index (χ0v) is 18.8. The SMILES string of the molecule is CCNC(=NCc1ncccc1C)NC1CCN(S(=O)(=O)C(F)(F)F)CC1.I. The quantitative estimate of drug-likeness (QED) is 0.344. The number of hydrogen-bond donors (Lipinski definition) is 2. The molecule has 2 heterocycles. The van der Waals surface area contributed by atoms with Gasteiger partial charge < -0.3 is 10.6 Å². The Labute approximate surface area is 180 Å². The standard InChI is InChI=1S/C16H24F3N5O2S.HI/c1-3-20-15(22-11-14-12(2)5-4-8-21-14)23-13-6-9-24(10-7-13)27(25,26)16(17,18)19;/h4-5,8,13H,3,6-7,9-11H2,1-2H3,(H2,20,22,23);1H. The van der Waals surface area contributed by atoms with E-state index in [0.717, 1.165) is 11.3 Å². The normalized spacial score (nSPS) is 17.1. The number of guanidine groups is 1. The van der Waals surface area contributed by atoms with Crippen molar-refractivity contribution < 1.29 is 21.6 Å². The lowest BCUT2D eigenvalue weighted by atomic mass is 10.1. The van der Waals surface area contributed by atoms with Gasteiger partial charge in [0.15, 0.2) is 5.96 Å². The summed E-state index contributed by atoms with van der Waals surface area (Å²) in [6.07, 6.45) is 2.22. The molecule has 1 fully saturated rings. The van der Waals surface area contributed by atoms with Crippen LogP contribution in [0.15, 0.2) is 23.3 Å². The third-order valence-corrected chi connectivity index (χ3v) is 5.91. The molecule has 0 saturated carbocycles. The lowest BCUT2D eigenvalue weighted by Crippen LogP contribution is -2.51. The smallest absolute Gasteiger partial charge is 0.357 e. The summed E-state index contributed by atoms with van der Waals surface area (Å²) in [7, 11) is -5.26. The molecule has 0 atom stereocenters. The highest BCUT2D eigenvalue weighted by Gasteiger charge is 2.50. The summed E-state index contributed by atoms with van der Waals surface area (Å²) in [6, 6.07) is 3.62. The molecule has 7 nitrogen and oxygen atoms in total. The fraction of sp³-hybridized carbons (Fsp3) is 0.625. The number of nitrogens with zero attached hydrogens (tertiary/aromatic N) is 3. The maximum Gasteiger partial charge on any atom is 0.511 e. The molecular formula is C16H25F3IN5O2S. The first kappa shape index (κ1) is 24.9. The van der Waals surface area contributed by atoms with E-state index in [2.05, 4.69) is 20.6 Å². The summed E-state index contributed by atoms with van der Waals surface area (Å²) < 4.78 is 61.3. The number of aryl methyl sites for hydroxylation is 1. The Kier molecular flexibility index (Phi) is 9.40. The molecule has 1 saturated heterocycles. The number of nitrogens with one attached hydrogen (secondary N) is 2. The molecule has 1 aliphatic rings. The first-order chi connectivity index (χ1) is 12.6. The molecular weight excluding hydrogens is 510 g/mol. The number of pyridine rings is 1. The van der Waals surface area contributed by atoms with Crippen molar-refractivity contribution in [1.29, 1.82) is 0 Å². The van der Waals surface area contributed by atoms with Crippen LogP contribution in [-0.4, -0.2) is 54.9 Å². The summed E-state index contributed by atoms with van der Waals surface area (Å²) in [5.41, 5.74) is -3.41. The molecule has 0 amide bonds. The maximum absolute atomic E-state index is 12.6. The molecule has 0 aromatic carbocycles. The molecule has 160 valence electrons. The highest BCUT2D eigenvalue weighted by atomic mass is 127. The first-order valence-corrected chi connectivity index (χ1v) is 10.1. The van der Waals surface area contributed by atoms with E-state index >= 15 is 0 Å². The number of alkyl halides is 3. The van der Waals surface area contributed by atoms with E-state index in [1.54, 1.807) is 6.20 Å². The number of rotatable bonds is 5. The van der Waals surface area contributed by atoms with Gasteiger partial charge in [-0.15, -0.1) is 24.0 Å². The Hall–Kier alpha value is -1.15. The van der Waals surface area contributed by atoms with Crippen molar-refractivity contribution in [3.63, 3.8) is 0 Å². The van der Waals surface area contributed by atoms with Crippen LogP contribution in [0, 0.1) is 6.92 Å². The molecule has 2 rings (SSSR count). The van der Waals surface area contributed by atoms with E-state index in [1.807, 2.05) is 26.0 Å². The maximum atomic E-state index is 12.6. The average molecular weight is 535 g/mol. The Morgan fingerprint density at radius 3 is 2.54 bits per heavy atom. The van der Waals surface area contributed by atoms with Crippen LogP contribution in [0.25, 0.3) is 0 Å². The summed E-state index contributed by atoms with van der Waals surface area (Å²) in [6.45, 7) is 4.46. The van der Waals surface area contributed by atoms with Gasteiger partial charge in [0.1, 0.15) is 0 Å². The number of halogens is 4. The number of hydrogen-bond acceptors (Lipinski definition) is 4. The van der Waals surface area contributed by atoms with Gasteiger partial charge in [-0.05, 0) is 38.3 Å². The van der Waals surface area contributed by atoms with Crippen LogP contribution in [0.3, 0.4) is 0 Å². The molecule has 1 aliphatic heterocycles. The van der Waals surface area contributed by atoms with Gasteiger partial charge in [0.25, 0.3) is 0 Å². The Morgan fingerprint density at radius 1 is 1.36 bits per heavy atom.